The van der Waals surface area contributed by atoms with Crippen LogP contribution >= 0.6 is 0 Å². The van der Waals surface area contributed by atoms with Crippen LogP contribution < -0.4 is 10.6 Å². The standard InChI is InChI=1S/C16H14FN3O/c1-11-8-13(17)4-7-15(11)20-16(21)10-19-14-5-2-12(9-18)3-6-14/h2-8,19H,10H2,1H3,(H,20,21). The van der Waals surface area contributed by atoms with Gasteiger partial charge in [-0.1, -0.05) is 0 Å². The minimum Gasteiger partial charge on any atom is -0.376 e. The maximum absolute atomic E-state index is 13.0. The monoisotopic (exact) mass is 283 g/mol. The van der Waals surface area contributed by atoms with E-state index in [1.807, 2.05) is 6.07 Å². The molecule has 0 unspecified atom stereocenters. The van der Waals surface area contributed by atoms with Crippen LogP contribution in [0, 0.1) is 24.1 Å². The molecule has 0 saturated heterocycles. The predicted molar refractivity (Wildman–Crippen MR) is 79.4 cm³/mol. The normalized spacial score (nSPS) is 9.76. The molecule has 0 spiro atoms. The average molecular weight is 283 g/mol. The molecule has 5 heteroatoms. The molecule has 0 radical (unpaired) electrons. The number of nitrogens with zero attached hydrogens (tertiary/aromatic N) is 1. The smallest absolute Gasteiger partial charge is 0.243 e. The molecule has 0 aromatic heterocycles. The fraction of sp³-hybridized carbons (Fsp3) is 0.125. The van der Waals surface area contributed by atoms with E-state index in [2.05, 4.69) is 10.6 Å². The Hall–Kier alpha value is -2.87. The van der Waals surface area contributed by atoms with Gasteiger partial charge in [0.2, 0.25) is 5.91 Å². The molecule has 0 heterocycles. The molecule has 0 saturated carbocycles. The number of carbonyl (C=O) groups is 1. The van der Waals surface area contributed by atoms with E-state index in [-0.39, 0.29) is 18.3 Å². The number of hydrogen-bond acceptors (Lipinski definition) is 3. The number of amides is 1. The molecule has 0 aliphatic carbocycles. The molecule has 0 atom stereocenters. The zero-order valence-electron chi connectivity index (χ0n) is 11.5. The van der Waals surface area contributed by atoms with Gasteiger partial charge in [-0.15, -0.1) is 0 Å². The summed E-state index contributed by atoms with van der Waals surface area (Å²) in [7, 11) is 0. The Labute approximate surface area is 122 Å². The molecule has 2 aromatic carbocycles. The van der Waals surface area contributed by atoms with Crippen molar-refractivity contribution in [3.05, 3.63) is 59.4 Å². The number of hydrogen-bond donors (Lipinski definition) is 2. The van der Waals surface area contributed by atoms with Gasteiger partial charge in [-0.3, -0.25) is 4.79 Å². The molecule has 4 nitrogen and oxygen atoms in total. The highest BCUT2D eigenvalue weighted by Gasteiger charge is 2.05. The Morgan fingerprint density at radius 3 is 2.57 bits per heavy atom. The number of carbonyl (C=O) groups excluding carboxylic acids is 1. The topological polar surface area (TPSA) is 64.9 Å². The maximum atomic E-state index is 13.0. The Balaban J connectivity index is 1.91. The second-order valence-corrected chi connectivity index (χ2v) is 4.55. The Bertz CT molecular complexity index is 690. The summed E-state index contributed by atoms with van der Waals surface area (Å²) in [5.41, 5.74) is 2.57. The van der Waals surface area contributed by atoms with Gasteiger partial charge in [0.05, 0.1) is 18.2 Å². The van der Waals surface area contributed by atoms with Crippen LogP contribution in [-0.2, 0) is 4.79 Å². The van der Waals surface area contributed by atoms with Crippen LogP contribution in [0.15, 0.2) is 42.5 Å². The summed E-state index contributed by atoms with van der Waals surface area (Å²) in [6.07, 6.45) is 0. The highest BCUT2D eigenvalue weighted by molar-refractivity contribution is 5.94. The molecule has 106 valence electrons. The van der Waals surface area contributed by atoms with Crippen molar-refractivity contribution in [2.24, 2.45) is 0 Å². The highest BCUT2D eigenvalue weighted by Crippen LogP contribution is 2.15. The van der Waals surface area contributed by atoms with Crippen molar-refractivity contribution in [3.8, 4) is 6.07 Å². The van der Waals surface area contributed by atoms with Gasteiger partial charge in [-0.05, 0) is 55.0 Å². The summed E-state index contributed by atoms with van der Waals surface area (Å²) in [6, 6.07) is 13.0. The van der Waals surface area contributed by atoms with E-state index < -0.39 is 0 Å². The molecule has 2 N–H and O–H groups in total. The fourth-order valence-electron chi connectivity index (χ4n) is 1.81. The van der Waals surface area contributed by atoms with Gasteiger partial charge in [0.15, 0.2) is 0 Å². The number of aryl methyl sites for hydroxylation is 1. The summed E-state index contributed by atoms with van der Waals surface area (Å²) in [6.45, 7) is 1.81. The second kappa shape index (κ2) is 6.53. The number of halogens is 1. The first-order valence-corrected chi connectivity index (χ1v) is 6.38. The second-order valence-electron chi connectivity index (χ2n) is 4.55. The third-order valence-electron chi connectivity index (χ3n) is 2.93. The number of nitrogens with one attached hydrogen (secondary N) is 2. The van der Waals surface area contributed by atoms with Crippen molar-refractivity contribution >= 4 is 17.3 Å². The molecule has 1 amide bonds. The summed E-state index contributed by atoms with van der Waals surface area (Å²) >= 11 is 0. The molecular formula is C16H14FN3O. The molecule has 0 fully saturated rings. The first-order chi connectivity index (χ1) is 10.1. The fourth-order valence-corrected chi connectivity index (χ4v) is 1.81. The van der Waals surface area contributed by atoms with E-state index in [4.69, 9.17) is 5.26 Å². The zero-order chi connectivity index (χ0) is 15.2. The lowest BCUT2D eigenvalue weighted by molar-refractivity contribution is -0.114. The number of nitriles is 1. The van der Waals surface area contributed by atoms with Crippen LogP contribution in [0.25, 0.3) is 0 Å². The molecule has 2 rings (SSSR count). The van der Waals surface area contributed by atoms with Gasteiger partial charge >= 0.3 is 0 Å². The van der Waals surface area contributed by atoms with Gasteiger partial charge in [0, 0.05) is 11.4 Å². The lowest BCUT2D eigenvalue weighted by Crippen LogP contribution is -2.22. The average Bonchev–Trinajstić information content (AvgIpc) is 2.48. The first-order valence-electron chi connectivity index (χ1n) is 6.38. The zero-order valence-corrected chi connectivity index (χ0v) is 11.5. The van der Waals surface area contributed by atoms with Crippen LogP contribution in [-0.4, -0.2) is 12.5 Å². The van der Waals surface area contributed by atoms with Crippen molar-refractivity contribution in [3.63, 3.8) is 0 Å². The Kier molecular flexibility index (Phi) is 4.52. The van der Waals surface area contributed by atoms with E-state index in [1.165, 1.54) is 18.2 Å². The summed E-state index contributed by atoms with van der Waals surface area (Å²) in [5, 5.41) is 14.4. The van der Waals surface area contributed by atoms with Crippen LogP contribution in [0.5, 0.6) is 0 Å². The van der Waals surface area contributed by atoms with Gasteiger partial charge in [0.25, 0.3) is 0 Å². The van der Waals surface area contributed by atoms with E-state index in [0.717, 1.165) is 5.69 Å². The summed E-state index contributed by atoms with van der Waals surface area (Å²) in [5.74, 6) is -0.560. The summed E-state index contributed by atoms with van der Waals surface area (Å²) in [4.78, 5) is 11.8. The molecule has 0 aliphatic heterocycles. The lowest BCUT2D eigenvalue weighted by atomic mass is 10.2. The highest BCUT2D eigenvalue weighted by atomic mass is 19.1. The van der Waals surface area contributed by atoms with Crippen molar-refractivity contribution in [1.82, 2.24) is 0 Å². The van der Waals surface area contributed by atoms with E-state index in [1.54, 1.807) is 31.2 Å². The van der Waals surface area contributed by atoms with E-state index in [0.29, 0.717) is 16.8 Å². The van der Waals surface area contributed by atoms with Gasteiger partial charge in [-0.2, -0.15) is 5.26 Å². The molecule has 2 aromatic rings. The molecule has 0 bridgehead atoms. The number of anilines is 2. The van der Waals surface area contributed by atoms with Crippen molar-refractivity contribution in [2.45, 2.75) is 6.92 Å². The third kappa shape index (κ3) is 4.05. The number of rotatable bonds is 4. The predicted octanol–water partition coefficient (Wildman–Crippen LogP) is 3.06. The van der Waals surface area contributed by atoms with E-state index in [9.17, 15) is 9.18 Å². The Morgan fingerprint density at radius 1 is 1.24 bits per heavy atom. The van der Waals surface area contributed by atoms with Gasteiger partial charge < -0.3 is 10.6 Å². The molecular weight excluding hydrogens is 269 g/mol. The minimum absolute atomic E-state index is 0.0860. The maximum Gasteiger partial charge on any atom is 0.243 e. The van der Waals surface area contributed by atoms with Crippen molar-refractivity contribution < 1.29 is 9.18 Å². The Morgan fingerprint density at radius 2 is 1.95 bits per heavy atom. The molecule has 0 aliphatic rings. The SMILES string of the molecule is Cc1cc(F)ccc1NC(=O)CNc1ccc(C#N)cc1. The molecule has 21 heavy (non-hydrogen) atoms. The lowest BCUT2D eigenvalue weighted by Gasteiger charge is -2.10. The van der Waals surface area contributed by atoms with Crippen LogP contribution in [0.4, 0.5) is 15.8 Å². The first kappa shape index (κ1) is 14.5. The third-order valence-corrected chi connectivity index (χ3v) is 2.93. The van der Waals surface area contributed by atoms with Crippen LogP contribution in [0.3, 0.4) is 0 Å². The minimum atomic E-state index is -0.332. The quantitative estimate of drug-likeness (QED) is 0.906. The van der Waals surface area contributed by atoms with Crippen molar-refractivity contribution in [1.29, 1.82) is 5.26 Å². The summed E-state index contributed by atoms with van der Waals surface area (Å²) < 4.78 is 13.0. The van der Waals surface area contributed by atoms with Crippen LogP contribution in [0.2, 0.25) is 0 Å². The van der Waals surface area contributed by atoms with E-state index >= 15 is 0 Å². The largest absolute Gasteiger partial charge is 0.376 e. The van der Waals surface area contributed by atoms with Crippen molar-refractivity contribution in [2.75, 3.05) is 17.2 Å². The van der Waals surface area contributed by atoms with Gasteiger partial charge in [-0.25, -0.2) is 4.39 Å². The number of benzene rings is 2. The van der Waals surface area contributed by atoms with Crippen LogP contribution in [0.1, 0.15) is 11.1 Å². The van der Waals surface area contributed by atoms with Gasteiger partial charge in [0.1, 0.15) is 5.82 Å².